The van der Waals surface area contributed by atoms with Gasteiger partial charge in [0.1, 0.15) is 0 Å². The van der Waals surface area contributed by atoms with Gasteiger partial charge in [0, 0.05) is 16.4 Å². The number of aryl methyl sites for hydroxylation is 1. The van der Waals surface area contributed by atoms with Crippen LogP contribution in [-0.2, 0) is 0 Å². The number of nitrogens with two attached hydrogens (primary N) is 1. The molecule has 1 unspecified atom stereocenters. The molecule has 0 aliphatic rings. The zero-order valence-electron chi connectivity index (χ0n) is 19.7. The second-order valence-electron chi connectivity index (χ2n) is 8.71. The van der Waals surface area contributed by atoms with Crippen molar-refractivity contribution < 1.29 is 4.79 Å². The van der Waals surface area contributed by atoms with E-state index in [9.17, 15) is 4.79 Å². The van der Waals surface area contributed by atoms with Crippen molar-refractivity contribution in [3.8, 4) is 0 Å². The summed E-state index contributed by atoms with van der Waals surface area (Å²) in [4.78, 5) is 15.5. The van der Waals surface area contributed by atoms with Crippen LogP contribution in [0, 0.1) is 20.8 Å². The Kier molecular flexibility index (Phi) is 7.15. The number of carbonyl (C=O) groups is 1. The predicted octanol–water partition coefficient (Wildman–Crippen LogP) is 7.77. The molecule has 3 N–H and O–H groups in total. The first kappa shape index (κ1) is 23.7. The van der Waals surface area contributed by atoms with Crippen molar-refractivity contribution >= 4 is 34.7 Å². The van der Waals surface area contributed by atoms with Crippen LogP contribution < -0.4 is 16.0 Å². The highest BCUT2D eigenvalue weighted by Gasteiger charge is 2.25. The maximum atomic E-state index is 13.7. The molecule has 32 heavy (non-hydrogen) atoms. The summed E-state index contributed by atoms with van der Waals surface area (Å²) < 4.78 is 0. The van der Waals surface area contributed by atoms with Crippen molar-refractivity contribution in [2.24, 2.45) is 0 Å². The lowest BCUT2D eigenvalue weighted by Crippen LogP contribution is -2.37. The fourth-order valence-corrected chi connectivity index (χ4v) is 4.00. The minimum absolute atomic E-state index is 0.183. The van der Waals surface area contributed by atoms with Crippen molar-refractivity contribution in [2.45, 2.75) is 53.5 Å². The van der Waals surface area contributed by atoms with Gasteiger partial charge in [-0.1, -0.05) is 67.4 Å². The highest BCUT2D eigenvalue weighted by atomic mass is 35.5. The fraction of sp³-hybridized carbons (Fsp3) is 0.296. The maximum Gasteiger partial charge on any atom is 0.326 e. The Morgan fingerprint density at radius 2 is 1.47 bits per heavy atom. The molecule has 168 valence electrons. The highest BCUT2D eigenvalue weighted by molar-refractivity contribution is 6.32. The number of nitrogens with zero attached hydrogens (tertiary/aromatic N) is 1. The third-order valence-electron chi connectivity index (χ3n) is 6.06. The van der Waals surface area contributed by atoms with E-state index in [0.717, 1.165) is 22.4 Å². The van der Waals surface area contributed by atoms with Crippen molar-refractivity contribution in [3.05, 3.63) is 87.4 Å². The number of nitrogens with one attached hydrogen (secondary N) is 1. The third kappa shape index (κ3) is 4.91. The summed E-state index contributed by atoms with van der Waals surface area (Å²) in [5.41, 5.74) is 13.2. The summed E-state index contributed by atoms with van der Waals surface area (Å²) in [7, 11) is 0. The molecule has 0 heterocycles. The number of benzene rings is 3. The molecular weight excluding hydrogens is 418 g/mol. The molecule has 0 bridgehead atoms. The van der Waals surface area contributed by atoms with Gasteiger partial charge < -0.3 is 11.1 Å². The predicted molar refractivity (Wildman–Crippen MR) is 137 cm³/mol. The highest BCUT2D eigenvalue weighted by Crippen LogP contribution is 2.34. The van der Waals surface area contributed by atoms with E-state index in [1.54, 1.807) is 11.0 Å². The molecule has 0 fully saturated rings. The van der Waals surface area contributed by atoms with Gasteiger partial charge in [-0.15, -0.1) is 0 Å². The van der Waals surface area contributed by atoms with Gasteiger partial charge in [-0.2, -0.15) is 0 Å². The molecule has 0 saturated carbocycles. The minimum atomic E-state index is -0.233. The zero-order chi connectivity index (χ0) is 23.6. The summed E-state index contributed by atoms with van der Waals surface area (Å²) in [5, 5.41) is 3.61. The molecule has 3 rings (SSSR count). The van der Waals surface area contributed by atoms with Gasteiger partial charge in [0.05, 0.1) is 11.7 Å². The number of hydrogen-bond donors (Lipinski definition) is 2. The molecule has 4 nitrogen and oxygen atoms in total. The molecule has 0 aromatic heterocycles. The first-order valence-electron chi connectivity index (χ1n) is 10.9. The van der Waals surface area contributed by atoms with Crippen LogP contribution in [0.5, 0.6) is 0 Å². The number of anilines is 3. The van der Waals surface area contributed by atoms with E-state index in [2.05, 4.69) is 62.5 Å². The second-order valence-corrected chi connectivity index (χ2v) is 9.11. The number of amides is 2. The molecule has 0 aliphatic heterocycles. The lowest BCUT2D eigenvalue weighted by Gasteiger charge is -2.31. The average molecular weight is 450 g/mol. The normalized spacial score (nSPS) is 12.0. The lowest BCUT2D eigenvalue weighted by atomic mass is 10.0. The van der Waals surface area contributed by atoms with E-state index in [1.807, 2.05) is 32.9 Å². The van der Waals surface area contributed by atoms with Crippen molar-refractivity contribution in [1.82, 2.24) is 0 Å². The molecule has 5 heteroatoms. The van der Waals surface area contributed by atoms with Crippen LogP contribution in [0.3, 0.4) is 0 Å². The summed E-state index contributed by atoms with van der Waals surface area (Å²) in [5.74, 6) is 0.417. The Balaban J connectivity index is 2.04. The number of halogens is 1. The van der Waals surface area contributed by atoms with Crippen LogP contribution in [0.2, 0.25) is 5.02 Å². The smallest absolute Gasteiger partial charge is 0.326 e. The Morgan fingerprint density at radius 1 is 0.906 bits per heavy atom. The fourth-order valence-electron chi connectivity index (χ4n) is 3.78. The SMILES string of the molecule is Cc1ccc(C(C)N(C(=O)Nc2c(C)c(N)cc(Cl)c2C)c2ccc(C(C)C)cc2)cc1. The number of hydrogen-bond acceptors (Lipinski definition) is 2. The van der Waals surface area contributed by atoms with Crippen LogP contribution in [0.15, 0.2) is 54.6 Å². The molecule has 0 spiro atoms. The summed E-state index contributed by atoms with van der Waals surface area (Å²) in [6, 6.07) is 17.7. The van der Waals surface area contributed by atoms with Crippen molar-refractivity contribution in [2.75, 3.05) is 16.0 Å². The van der Waals surface area contributed by atoms with Gasteiger partial charge in [0.25, 0.3) is 0 Å². The Bertz CT molecular complexity index is 1080. The van der Waals surface area contributed by atoms with E-state index in [4.69, 9.17) is 17.3 Å². The monoisotopic (exact) mass is 449 g/mol. The van der Waals surface area contributed by atoms with E-state index in [-0.39, 0.29) is 12.1 Å². The van der Waals surface area contributed by atoms with Gasteiger partial charge in [0.2, 0.25) is 0 Å². The summed E-state index contributed by atoms with van der Waals surface area (Å²) >= 11 is 6.35. The summed E-state index contributed by atoms with van der Waals surface area (Å²) in [6.07, 6.45) is 0. The Labute approximate surface area is 196 Å². The molecule has 0 aliphatic carbocycles. The third-order valence-corrected chi connectivity index (χ3v) is 6.45. The minimum Gasteiger partial charge on any atom is -0.398 e. The van der Waals surface area contributed by atoms with Crippen LogP contribution in [0.1, 0.15) is 60.5 Å². The average Bonchev–Trinajstić information content (AvgIpc) is 2.76. The zero-order valence-corrected chi connectivity index (χ0v) is 20.4. The topological polar surface area (TPSA) is 58.4 Å². The van der Waals surface area contributed by atoms with Crippen molar-refractivity contribution in [1.29, 1.82) is 0 Å². The van der Waals surface area contributed by atoms with E-state index >= 15 is 0 Å². The maximum absolute atomic E-state index is 13.7. The lowest BCUT2D eigenvalue weighted by molar-refractivity contribution is 0.255. The van der Waals surface area contributed by atoms with E-state index in [1.165, 1.54) is 11.1 Å². The molecule has 2 amide bonds. The van der Waals surface area contributed by atoms with Crippen LogP contribution in [0.25, 0.3) is 0 Å². The molecule has 0 saturated heterocycles. The van der Waals surface area contributed by atoms with Gasteiger partial charge in [-0.25, -0.2) is 4.79 Å². The van der Waals surface area contributed by atoms with Crippen molar-refractivity contribution in [3.63, 3.8) is 0 Å². The van der Waals surface area contributed by atoms with Gasteiger partial charge >= 0.3 is 6.03 Å². The molecule has 3 aromatic carbocycles. The van der Waals surface area contributed by atoms with Gasteiger partial charge in [-0.05, 0) is 74.1 Å². The number of carbonyl (C=O) groups excluding carboxylic acids is 1. The number of rotatable bonds is 5. The van der Waals surface area contributed by atoms with Crippen LogP contribution >= 0.6 is 11.6 Å². The van der Waals surface area contributed by atoms with E-state index < -0.39 is 0 Å². The first-order valence-corrected chi connectivity index (χ1v) is 11.3. The number of nitrogen functional groups attached to an aromatic ring is 1. The quantitative estimate of drug-likeness (QED) is 0.391. The molecule has 1 atom stereocenters. The van der Waals surface area contributed by atoms with Crippen LogP contribution in [-0.4, -0.2) is 6.03 Å². The number of urea groups is 1. The van der Waals surface area contributed by atoms with Crippen LogP contribution in [0.4, 0.5) is 21.9 Å². The standard InChI is InChI=1S/C27H32ClN3O/c1-16(2)21-11-13-23(14-12-21)31(20(6)22-9-7-17(3)8-10-22)27(32)30-26-18(4)24(28)15-25(29)19(26)5/h7-16,20H,29H2,1-6H3,(H,30,32). The second kappa shape index (κ2) is 9.66. The summed E-state index contributed by atoms with van der Waals surface area (Å²) in [6.45, 7) is 12.2. The molecular formula is C27H32ClN3O. The first-order chi connectivity index (χ1) is 15.1. The molecule has 0 radical (unpaired) electrons. The Hall–Kier alpha value is -2.98. The largest absolute Gasteiger partial charge is 0.398 e. The van der Waals surface area contributed by atoms with Gasteiger partial charge in [-0.3, -0.25) is 4.90 Å². The van der Waals surface area contributed by atoms with Gasteiger partial charge in [0.15, 0.2) is 0 Å². The van der Waals surface area contributed by atoms with E-state index in [0.29, 0.717) is 22.3 Å². The Morgan fingerprint density at radius 3 is 2.03 bits per heavy atom. The molecule has 3 aromatic rings.